The molecule has 0 atom stereocenters. The van der Waals surface area contributed by atoms with Gasteiger partial charge in [-0.3, -0.25) is 9.69 Å². The summed E-state index contributed by atoms with van der Waals surface area (Å²) in [5.74, 6) is -0.0413. The highest BCUT2D eigenvalue weighted by Gasteiger charge is 2.30. The van der Waals surface area contributed by atoms with Crippen molar-refractivity contribution in [2.24, 2.45) is 4.99 Å². The number of benzene rings is 2. The number of carbonyl (C=O) groups is 1. The van der Waals surface area contributed by atoms with Crippen LogP contribution in [0.5, 0.6) is 0 Å². The molecule has 1 aromatic heterocycles. The van der Waals surface area contributed by atoms with E-state index in [-0.39, 0.29) is 5.91 Å². The number of amidine groups is 1. The van der Waals surface area contributed by atoms with E-state index < -0.39 is 0 Å². The maximum Gasteiger partial charge on any atom is 0.266 e. The van der Waals surface area contributed by atoms with Crippen molar-refractivity contribution >= 4 is 40.3 Å². The van der Waals surface area contributed by atoms with Crippen LogP contribution in [0.3, 0.4) is 0 Å². The van der Waals surface area contributed by atoms with Crippen LogP contribution >= 0.6 is 11.8 Å². The summed E-state index contributed by atoms with van der Waals surface area (Å²) in [6, 6.07) is 22.0. The Hall–Kier alpha value is -3.25. The lowest BCUT2D eigenvalue weighted by Crippen LogP contribution is -2.23. The van der Waals surface area contributed by atoms with Crippen LogP contribution in [0.4, 0.5) is 11.4 Å². The molecule has 3 aromatic rings. The van der Waals surface area contributed by atoms with Gasteiger partial charge in [0.25, 0.3) is 5.91 Å². The zero-order valence-electron chi connectivity index (χ0n) is 16.6. The number of amides is 1. The molecule has 2 heterocycles. The van der Waals surface area contributed by atoms with Crippen LogP contribution in [0.25, 0.3) is 11.8 Å². The second-order valence-corrected chi connectivity index (χ2v) is 7.93. The first-order valence-electron chi connectivity index (χ1n) is 9.29. The summed E-state index contributed by atoms with van der Waals surface area (Å²) in [5.41, 5.74) is 3.98. The molecule has 6 heteroatoms. The normalized spacial score (nSPS) is 16.8. The highest BCUT2D eigenvalue weighted by atomic mass is 32.2. The van der Waals surface area contributed by atoms with Crippen molar-refractivity contribution in [3.05, 3.63) is 83.5 Å². The lowest BCUT2D eigenvalue weighted by Gasteiger charge is -2.13. The summed E-state index contributed by atoms with van der Waals surface area (Å²) in [7, 11) is 5.81. The molecule has 2 aromatic carbocycles. The third kappa shape index (κ3) is 3.98. The number of aliphatic imine (C=N–C) groups is 1. The average Bonchev–Trinajstić information content (AvgIpc) is 3.30. The predicted molar refractivity (Wildman–Crippen MR) is 122 cm³/mol. The van der Waals surface area contributed by atoms with Crippen molar-refractivity contribution in [3.8, 4) is 5.69 Å². The van der Waals surface area contributed by atoms with Crippen molar-refractivity contribution in [2.75, 3.05) is 26.0 Å². The molecule has 0 unspecified atom stereocenters. The van der Waals surface area contributed by atoms with Crippen LogP contribution in [0.2, 0.25) is 0 Å². The van der Waals surface area contributed by atoms with E-state index in [0.717, 1.165) is 22.8 Å². The highest BCUT2D eigenvalue weighted by Crippen LogP contribution is 2.33. The second kappa shape index (κ2) is 8.01. The minimum Gasteiger partial charge on any atom is -0.378 e. The van der Waals surface area contributed by atoms with Crippen molar-refractivity contribution in [1.29, 1.82) is 0 Å². The number of anilines is 1. The molecule has 0 N–H and O–H groups in total. The van der Waals surface area contributed by atoms with Gasteiger partial charge >= 0.3 is 0 Å². The van der Waals surface area contributed by atoms with E-state index >= 15 is 0 Å². The van der Waals surface area contributed by atoms with Crippen LogP contribution in [0.1, 0.15) is 5.69 Å². The number of para-hydroxylation sites is 1. The van der Waals surface area contributed by atoms with E-state index in [1.54, 1.807) is 11.9 Å². The Balaban J connectivity index is 1.63. The molecule has 146 valence electrons. The highest BCUT2D eigenvalue weighted by molar-refractivity contribution is 8.18. The van der Waals surface area contributed by atoms with Crippen molar-refractivity contribution in [3.63, 3.8) is 0 Å². The number of aromatic nitrogens is 1. The smallest absolute Gasteiger partial charge is 0.266 e. The maximum absolute atomic E-state index is 12.7. The van der Waals surface area contributed by atoms with Crippen LogP contribution in [-0.4, -0.2) is 41.7 Å². The molecule has 1 fully saturated rings. The third-order valence-electron chi connectivity index (χ3n) is 4.69. The lowest BCUT2D eigenvalue weighted by molar-refractivity contribution is -0.121. The summed E-state index contributed by atoms with van der Waals surface area (Å²) in [6.45, 7) is 0. The first-order chi connectivity index (χ1) is 14.0. The van der Waals surface area contributed by atoms with Gasteiger partial charge in [-0.15, -0.1) is 0 Å². The van der Waals surface area contributed by atoms with E-state index in [0.29, 0.717) is 10.1 Å². The summed E-state index contributed by atoms with van der Waals surface area (Å²) in [5, 5.41) is 0.681. The summed E-state index contributed by atoms with van der Waals surface area (Å²) in [6.07, 6.45) is 3.93. The molecule has 0 spiro atoms. The van der Waals surface area contributed by atoms with Crippen molar-refractivity contribution < 1.29 is 4.79 Å². The molecule has 0 radical (unpaired) electrons. The van der Waals surface area contributed by atoms with E-state index in [1.807, 2.05) is 68.8 Å². The zero-order valence-corrected chi connectivity index (χ0v) is 17.4. The third-order valence-corrected chi connectivity index (χ3v) is 5.75. The van der Waals surface area contributed by atoms with Crippen LogP contribution in [0.15, 0.2) is 82.8 Å². The van der Waals surface area contributed by atoms with Crippen LogP contribution < -0.4 is 4.90 Å². The van der Waals surface area contributed by atoms with Gasteiger partial charge in [0.05, 0.1) is 10.6 Å². The monoisotopic (exact) mass is 402 g/mol. The summed E-state index contributed by atoms with van der Waals surface area (Å²) >= 11 is 1.40. The molecule has 1 aliphatic heterocycles. The van der Waals surface area contributed by atoms with Gasteiger partial charge < -0.3 is 9.47 Å². The Morgan fingerprint density at radius 3 is 2.38 bits per heavy atom. The minimum absolute atomic E-state index is 0.0413. The van der Waals surface area contributed by atoms with Gasteiger partial charge in [0, 0.05) is 44.4 Å². The maximum atomic E-state index is 12.7. The first-order valence-corrected chi connectivity index (χ1v) is 10.1. The SMILES string of the molecule is CN1C(=O)/C(=C/c2cccn2-c2ccc(N(C)C)cc2)SC1=Nc1ccccc1. The number of rotatable bonds is 4. The molecular formula is C23H22N4OS. The Bertz CT molecular complexity index is 1080. The van der Waals surface area contributed by atoms with Gasteiger partial charge in [-0.2, -0.15) is 0 Å². The summed E-state index contributed by atoms with van der Waals surface area (Å²) in [4.78, 5) is 21.7. The average molecular weight is 403 g/mol. The van der Waals surface area contributed by atoms with Gasteiger partial charge in [0.1, 0.15) is 0 Å². The van der Waals surface area contributed by atoms with Crippen LogP contribution in [0, 0.1) is 0 Å². The number of likely N-dealkylation sites (N-methyl/N-ethyl adjacent to an activating group) is 1. The molecule has 1 amide bonds. The minimum atomic E-state index is -0.0413. The van der Waals surface area contributed by atoms with Crippen molar-refractivity contribution in [2.45, 2.75) is 0 Å². The fourth-order valence-corrected chi connectivity index (χ4v) is 4.03. The van der Waals surface area contributed by atoms with Crippen LogP contribution in [-0.2, 0) is 4.79 Å². The van der Waals surface area contributed by atoms with Gasteiger partial charge in [-0.25, -0.2) is 4.99 Å². The standard InChI is InChI=1S/C23H22N4OS/c1-25(2)18-11-13-19(14-12-18)27-15-7-10-20(27)16-21-22(28)26(3)23(29-21)24-17-8-5-4-6-9-17/h4-16H,1-3H3/b21-16-,24-23?. The molecular weight excluding hydrogens is 380 g/mol. The predicted octanol–water partition coefficient (Wildman–Crippen LogP) is 4.78. The second-order valence-electron chi connectivity index (χ2n) is 6.92. The Kier molecular flexibility index (Phi) is 5.27. The Morgan fingerprint density at radius 1 is 0.966 bits per heavy atom. The molecule has 0 saturated carbocycles. The quantitative estimate of drug-likeness (QED) is 0.590. The fraction of sp³-hybridized carbons (Fsp3) is 0.130. The van der Waals surface area contributed by atoms with Crippen molar-refractivity contribution in [1.82, 2.24) is 9.47 Å². The first kappa shape index (κ1) is 19.1. The number of thioether (sulfide) groups is 1. The van der Waals surface area contributed by atoms with Gasteiger partial charge in [-0.1, -0.05) is 18.2 Å². The molecule has 5 nitrogen and oxygen atoms in total. The molecule has 4 rings (SSSR count). The Morgan fingerprint density at radius 2 is 1.69 bits per heavy atom. The number of carbonyl (C=O) groups excluding carboxylic acids is 1. The number of nitrogens with zero attached hydrogens (tertiary/aromatic N) is 4. The van der Waals surface area contributed by atoms with E-state index in [4.69, 9.17) is 0 Å². The van der Waals surface area contributed by atoms with Gasteiger partial charge in [0.15, 0.2) is 5.17 Å². The molecule has 1 saturated heterocycles. The summed E-state index contributed by atoms with van der Waals surface area (Å²) < 4.78 is 2.08. The van der Waals surface area contributed by atoms with E-state index in [2.05, 4.69) is 38.7 Å². The lowest BCUT2D eigenvalue weighted by atomic mass is 10.2. The number of hydrogen-bond donors (Lipinski definition) is 0. The molecule has 29 heavy (non-hydrogen) atoms. The molecule has 1 aliphatic rings. The number of hydrogen-bond acceptors (Lipinski definition) is 4. The Labute approximate surface area is 175 Å². The molecule has 0 aliphatic carbocycles. The zero-order chi connectivity index (χ0) is 20.4. The topological polar surface area (TPSA) is 40.8 Å². The van der Waals surface area contributed by atoms with Gasteiger partial charge in [0.2, 0.25) is 0 Å². The molecule has 0 bridgehead atoms. The van der Waals surface area contributed by atoms with E-state index in [1.165, 1.54) is 11.8 Å². The van der Waals surface area contributed by atoms with Gasteiger partial charge in [-0.05, 0) is 66.4 Å². The van der Waals surface area contributed by atoms with E-state index in [9.17, 15) is 4.79 Å². The fourth-order valence-electron chi connectivity index (χ4n) is 3.06. The largest absolute Gasteiger partial charge is 0.378 e.